The summed E-state index contributed by atoms with van der Waals surface area (Å²) in [5, 5.41) is 16.1. The standard InChI is InChI=1S/C11H17N3OS.C2HF3O2/c1-16-3-2-9(13)11(15)14-8(6-12)4-7-5-10(7)14;3-2(4,5)1(6)7/h7-10H,2-5,13H2,1H3;(H,6,7)/t7-,8?,9+,10+;/m1./s1. The van der Waals surface area contributed by atoms with E-state index in [1.165, 1.54) is 0 Å². The molecule has 0 bridgehead atoms. The second-order valence-corrected chi connectivity index (χ2v) is 6.37. The third kappa shape index (κ3) is 5.28. The van der Waals surface area contributed by atoms with Gasteiger partial charge in [-0.15, -0.1) is 0 Å². The van der Waals surface area contributed by atoms with E-state index in [1.54, 1.807) is 16.7 Å². The van der Waals surface area contributed by atoms with Gasteiger partial charge in [0.1, 0.15) is 6.04 Å². The molecule has 6 nitrogen and oxygen atoms in total. The van der Waals surface area contributed by atoms with Crippen molar-refractivity contribution in [3.63, 3.8) is 0 Å². The second-order valence-electron chi connectivity index (χ2n) is 5.38. The molecule has 2 fully saturated rings. The monoisotopic (exact) mass is 353 g/mol. The lowest BCUT2D eigenvalue weighted by molar-refractivity contribution is -0.192. The topological polar surface area (TPSA) is 107 Å². The molecular weight excluding hydrogens is 335 g/mol. The van der Waals surface area contributed by atoms with Crippen molar-refractivity contribution in [2.75, 3.05) is 12.0 Å². The number of hydrogen-bond acceptors (Lipinski definition) is 5. The fraction of sp³-hybridized carbons (Fsp3) is 0.769. The molecule has 2 rings (SSSR count). The molecule has 23 heavy (non-hydrogen) atoms. The Bertz CT molecular complexity index is 495. The number of carboxylic acid groups (broad SMARTS) is 1. The molecule has 1 aliphatic carbocycles. The molecule has 1 aliphatic heterocycles. The van der Waals surface area contributed by atoms with E-state index in [2.05, 4.69) is 6.07 Å². The number of fused-ring (bicyclic) bond motifs is 1. The highest BCUT2D eigenvalue weighted by atomic mass is 32.2. The summed E-state index contributed by atoms with van der Waals surface area (Å²) in [6.45, 7) is 0. The molecule has 0 radical (unpaired) electrons. The average molecular weight is 353 g/mol. The molecule has 0 aromatic rings. The zero-order chi connectivity index (χ0) is 17.8. The molecule has 3 N–H and O–H groups in total. The van der Waals surface area contributed by atoms with E-state index in [1.807, 2.05) is 6.26 Å². The lowest BCUT2D eigenvalue weighted by Gasteiger charge is -2.25. The fourth-order valence-electron chi connectivity index (χ4n) is 2.45. The summed E-state index contributed by atoms with van der Waals surface area (Å²) >= 11 is 1.69. The number of likely N-dealkylation sites (tertiary alicyclic amines) is 1. The van der Waals surface area contributed by atoms with Crippen LogP contribution in [0.1, 0.15) is 19.3 Å². The Morgan fingerprint density at radius 1 is 1.48 bits per heavy atom. The van der Waals surface area contributed by atoms with E-state index < -0.39 is 18.2 Å². The van der Waals surface area contributed by atoms with Crippen molar-refractivity contribution < 1.29 is 27.9 Å². The van der Waals surface area contributed by atoms with Crippen LogP contribution in [0.25, 0.3) is 0 Å². The Balaban J connectivity index is 0.000000322. The van der Waals surface area contributed by atoms with Gasteiger partial charge in [-0.1, -0.05) is 0 Å². The maximum absolute atomic E-state index is 12.1. The van der Waals surface area contributed by atoms with Gasteiger partial charge in [-0.3, -0.25) is 4.79 Å². The molecule has 0 aromatic carbocycles. The third-order valence-electron chi connectivity index (χ3n) is 3.70. The molecule has 0 spiro atoms. The summed E-state index contributed by atoms with van der Waals surface area (Å²) in [4.78, 5) is 22.7. The third-order valence-corrected chi connectivity index (χ3v) is 4.34. The van der Waals surface area contributed by atoms with Crippen molar-refractivity contribution in [2.24, 2.45) is 11.7 Å². The highest BCUT2D eigenvalue weighted by Gasteiger charge is 2.54. The zero-order valence-corrected chi connectivity index (χ0v) is 13.2. The summed E-state index contributed by atoms with van der Waals surface area (Å²) in [7, 11) is 0. The van der Waals surface area contributed by atoms with Gasteiger partial charge < -0.3 is 15.7 Å². The molecule has 1 heterocycles. The van der Waals surface area contributed by atoms with Gasteiger partial charge in [-0.2, -0.15) is 30.2 Å². The number of halogens is 3. The van der Waals surface area contributed by atoms with Crippen LogP contribution in [0.2, 0.25) is 0 Å². The molecule has 130 valence electrons. The van der Waals surface area contributed by atoms with Gasteiger partial charge in [0.05, 0.1) is 12.1 Å². The van der Waals surface area contributed by atoms with Gasteiger partial charge in [-0.05, 0) is 37.2 Å². The Morgan fingerprint density at radius 3 is 2.48 bits per heavy atom. The highest BCUT2D eigenvalue weighted by Crippen LogP contribution is 2.47. The summed E-state index contributed by atoms with van der Waals surface area (Å²) in [5.74, 6) is -1.31. The van der Waals surface area contributed by atoms with Crippen molar-refractivity contribution in [2.45, 2.75) is 43.6 Å². The van der Waals surface area contributed by atoms with Crippen molar-refractivity contribution in [1.29, 1.82) is 5.26 Å². The molecule has 10 heteroatoms. The smallest absolute Gasteiger partial charge is 0.475 e. The lowest BCUT2D eigenvalue weighted by Crippen LogP contribution is -2.47. The molecule has 1 saturated carbocycles. The molecule has 1 amide bonds. The van der Waals surface area contributed by atoms with E-state index >= 15 is 0 Å². The van der Waals surface area contributed by atoms with Crippen LogP contribution < -0.4 is 5.73 Å². The van der Waals surface area contributed by atoms with E-state index in [-0.39, 0.29) is 11.9 Å². The normalized spacial score (nSPS) is 26.4. The van der Waals surface area contributed by atoms with Crippen LogP contribution in [0.15, 0.2) is 0 Å². The van der Waals surface area contributed by atoms with Crippen LogP contribution in [0.3, 0.4) is 0 Å². The first kappa shape index (κ1) is 19.6. The minimum absolute atomic E-state index is 0.0226. The second kappa shape index (κ2) is 7.88. The van der Waals surface area contributed by atoms with Gasteiger partial charge in [0.15, 0.2) is 0 Å². The number of piperidine rings is 1. The van der Waals surface area contributed by atoms with Crippen molar-refractivity contribution in [3.8, 4) is 6.07 Å². The van der Waals surface area contributed by atoms with Crippen molar-refractivity contribution >= 4 is 23.6 Å². The Labute approximate surface area is 135 Å². The zero-order valence-electron chi connectivity index (χ0n) is 12.4. The van der Waals surface area contributed by atoms with Gasteiger partial charge in [0.25, 0.3) is 0 Å². The number of alkyl halides is 3. The lowest BCUT2D eigenvalue weighted by atomic mass is 10.1. The molecule has 1 saturated heterocycles. The minimum atomic E-state index is -5.08. The van der Waals surface area contributed by atoms with Crippen LogP contribution in [0.4, 0.5) is 13.2 Å². The molecule has 0 aromatic heterocycles. The number of nitrogens with zero attached hydrogens (tertiary/aromatic N) is 2. The van der Waals surface area contributed by atoms with Crippen LogP contribution >= 0.6 is 11.8 Å². The highest BCUT2D eigenvalue weighted by molar-refractivity contribution is 7.98. The first-order chi connectivity index (χ1) is 10.6. The van der Waals surface area contributed by atoms with Crippen molar-refractivity contribution in [3.05, 3.63) is 0 Å². The van der Waals surface area contributed by atoms with Crippen molar-refractivity contribution in [1.82, 2.24) is 4.90 Å². The Kier molecular flexibility index (Phi) is 6.70. The van der Waals surface area contributed by atoms with Crippen LogP contribution in [-0.2, 0) is 9.59 Å². The number of carboxylic acids is 1. The van der Waals surface area contributed by atoms with Crippen LogP contribution in [0, 0.1) is 17.2 Å². The number of nitriles is 1. The number of carbonyl (C=O) groups excluding carboxylic acids is 1. The maximum atomic E-state index is 12.1. The average Bonchev–Trinajstić information content (AvgIpc) is 3.14. The largest absolute Gasteiger partial charge is 0.490 e. The van der Waals surface area contributed by atoms with E-state index in [0.717, 1.165) is 18.6 Å². The molecule has 4 atom stereocenters. The van der Waals surface area contributed by atoms with Gasteiger partial charge in [0.2, 0.25) is 5.91 Å². The number of amides is 1. The van der Waals surface area contributed by atoms with Gasteiger partial charge in [0, 0.05) is 6.04 Å². The summed E-state index contributed by atoms with van der Waals surface area (Å²) < 4.78 is 31.7. The number of nitrogens with two attached hydrogens (primary N) is 1. The minimum Gasteiger partial charge on any atom is -0.475 e. The summed E-state index contributed by atoms with van der Waals surface area (Å²) in [6, 6.07) is 1.87. The fourth-order valence-corrected chi connectivity index (χ4v) is 2.94. The number of aliphatic carboxylic acids is 1. The van der Waals surface area contributed by atoms with E-state index in [9.17, 15) is 18.0 Å². The van der Waals surface area contributed by atoms with Crippen LogP contribution in [0.5, 0.6) is 0 Å². The van der Waals surface area contributed by atoms with Gasteiger partial charge in [-0.25, -0.2) is 4.79 Å². The van der Waals surface area contributed by atoms with Crippen LogP contribution in [-0.4, -0.2) is 58.2 Å². The quantitative estimate of drug-likeness (QED) is 0.787. The first-order valence-electron chi connectivity index (χ1n) is 6.89. The molecule has 2 aliphatic rings. The molecular formula is C13H18F3N3O3S. The van der Waals surface area contributed by atoms with Gasteiger partial charge >= 0.3 is 12.1 Å². The predicted octanol–water partition coefficient (Wildman–Crippen LogP) is 1.21. The van der Waals surface area contributed by atoms with E-state index in [0.29, 0.717) is 18.4 Å². The number of carbonyl (C=O) groups is 2. The SMILES string of the molecule is CSCC[C@H](N)C(=O)N1C(C#N)C[C@@H]2C[C@@H]21.O=C(O)C(F)(F)F. The Hall–Kier alpha value is -1.47. The predicted molar refractivity (Wildman–Crippen MR) is 77.4 cm³/mol. The maximum Gasteiger partial charge on any atom is 0.490 e. The Morgan fingerprint density at radius 2 is 2.04 bits per heavy atom. The van der Waals surface area contributed by atoms with E-state index in [4.69, 9.17) is 20.9 Å². The summed E-state index contributed by atoms with van der Waals surface area (Å²) in [5.41, 5.74) is 5.87. The number of hydrogen-bond donors (Lipinski definition) is 2. The summed E-state index contributed by atoms with van der Waals surface area (Å²) in [6.07, 6.45) is -0.463. The number of rotatable bonds is 4. The first-order valence-corrected chi connectivity index (χ1v) is 8.29. The number of thioether (sulfide) groups is 1. The molecule has 1 unspecified atom stereocenters.